The first-order chi connectivity index (χ1) is 18.6. The van der Waals surface area contributed by atoms with Gasteiger partial charge in [0.2, 0.25) is 5.91 Å². The summed E-state index contributed by atoms with van der Waals surface area (Å²) in [6.07, 6.45) is 2.90. The monoisotopic (exact) mass is 558 g/mol. The number of hydrogen-bond donors (Lipinski definition) is 3. The number of hydrogen-bond acceptors (Lipinski definition) is 4. The summed E-state index contributed by atoms with van der Waals surface area (Å²) in [6, 6.07) is -1.37. The van der Waals surface area contributed by atoms with Gasteiger partial charge in [0, 0.05) is 25.0 Å². The fourth-order valence-electron chi connectivity index (χ4n) is 8.17. The van der Waals surface area contributed by atoms with Crippen molar-refractivity contribution in [1.29, 1.82) is 5.41 Å². The van der Waals surface area contributed by atoms with E-state index in [0.717, 1.165) is 32.1 Å². The highest BCUT2D eigenvalue weighted by Crippen LogP contribution is 2.46. The van der Waals surface area contributed by atoms with E-state index in [-0.39, 0.29) is 47.6 Å². The molecule has 3 saturated carbocycles. The van der Waals surface area contributed by atoms with Crippen molar-refractivity contribution in [3.8, 4) is 0 Å². The van der Waals surface area contributed by atoms with Gasteiger partial charge < -0.3 is 20.3 Å². The zero-order valence-electron chi connectivity index (χ0n) is 23.2. The lowest BCUT2D eigenvalue weighted by Gasteiger charge is -2.45. The number of piperidine rings is 1. The minimum absolute atomic E-state index is 0.00877. The molecule has 222 valence electrons. The lowest BCUT2D eigenvalue weighted by molar-refractivity contribution is -0.179. The van der Waals surface area contributed by atoms with Crippen LogP contribution in [0.1, 0.15) is 77.6 Å². The minimum Gasteiger partial charge on any atom is -0.465 e. The predicted octanol–water partition coefficient (Wildman–Crippen LogP) is 5.28. The Bertz CT molecular complexity index is 869. The van der Waals surface area contributed by atoms with Gasteiger partial charge in [-0.2, -0.15) is 13.2 Å². The van der Waals surface area contributed by atoms with Gasteiger partial charge in [0.05, 0.1) is 6.61 Å². The quantitative estimate of drug-likeness (QED) is 0.372. The third-order valence-corrected chi connectivity index (χ3v) is 10.3. The summed E-state index contributed by atoms with van der Waals surface area (Å²) in [5.41, 5.74) is 0. The summed E-state index contributed by atoms with van der Waals surface area (Å²) in [6.45, 7) is 4.08. The SMILES string of the molecule is CC1CC([C@@H](NC(=O)C2CC(CN3CCCOC3=N)CC(C3CCCNC3C(F)(F)F)C2)C2CC2)CCC1F. The van der Waals surface area contributed by atoms with Crippen LogP contribution in [-0.2, 0) is 9.53 Å². The van der Waals surface area contributed by atoms with E-state index in [4.69, 9.17) is 10.1 Å². The van der Waals surface area contributed by atoms with E-state index in [9.17, 15) is 22.4 Å². The molecule has 0 bridgehead atoms. The molecule has 3 aliphatic carbocycles. The Labute approximate surface area is 229 Å². The second-order valence-corrected chi connectivity index (χ2v) is 13.2. The highest BCUT2D eigenvalue weighted by Gasteiger charge is 2.50. The van der Waals surface area contributed by atoms with E-state index in [1.54, 1.807) is 0 Å². The van der Waals surface area contributed by atoms with E-state index in [2.05, 4.69) is 10.6 Å². The van der Waals surface area contributed by atoms with Gasteiger partial charge in [-0.3, -0.25) is 10.2 Å². The van der Waals surface area contributed by atoms with Crippen molar-refractivity contribution in [2.75, 3.05) is 26.2 Å². The van der Waals surface area contributed by atoms with Crippen LogP contribution in [0.2, 0.25) is 0 Å². The molecule has 2 saturated heterocycles. The lowest BCUT2D eigenvalue weighted by atomic mass is 9.66. The number of amidine groups is 1. The largest absolute Gasteiger partial charge is 0.465 e. The average molecular weight is 559 g/mol. The molecule has 6 nitrogen and oxygen atoms in total. The van der Waals surface area contributed by atoms with E-state index >= 15 is 0 Å². The van der Waals surface area contributed by atoms with E-state index in [0.29, 0.717) is 70.7 Å². The molecule has 3 N–H and O–H groups in total. The van der Waals surface area contributed by atoms with Crippen LogP contribution in [-0.4, -0.2) is 67.5 Å². The van der Waals surface area contributed by atoms with Crippen molar-refractivity contribution in [3.05, 3.63) is 0 Å². The zero-order chi connectivity index (χ0) is 27.7. The van der Waals surface area contributed by atoms with Gasteiger partial charge in [-0.25, -0.2) is 4.39 Å². The Balaban J connectivity index is 1.31. The van der Waals surface area contributed by atoms with Gasteiger partial charge in [0.25, 0.3) is 6.02 Å². The molecule has 5 fully saturated rings. The molecule has 10 heteroatoms. The van der Waals surface area contributed by atoms with Crippen molar-refractivity contribution >= 4 is 11.9 Å². The predicted molar refractivity (Wildman–Crippen MR) is 141 cm³/mol. The first kappa shape index (κ1) is 28.9. The normalized spacial score (nSPS) is 39.1. The third kappa shape index (κ3) is 7.02. The number of amides is 1. The highest BCUT2D eigenvalue weighted by molar-refractivity contribution is 5.79. The Morgan fingerprint density at radius 2 is 1.87 bits per heavy atom. The molecule has 0 radical (unpaired) electrons. The molecule has 5 aliphatic rings. The lowest BCUT2D eigenvalue weighted by Crippen LogP contribution is -2.55. The zero-order valence-corrected chi connectivity index (χ0v) is 23.2. The maximum atomic E-state index is 14.2. The van der Waals surface area contributed by atoms with Crippen LogP contribution in [0.5, 0.6) is 0 Å². The van der Waals surface area contributed by atoms with Crippen LogP contribution in [0, 0.1) is 46.8 Å². The Hall–Kier alpha value is -1.58. The summed E-state index contributed by atoms with van der Waals surface area (Å²) in [5, 5.41) is 14.3. The van der Waals surface area contributed by atoms with Gasteiger partial charge in [-0.1, -0.05) is 6.92 Å². The minimum atomic E-state index is -4.32. The van der Waals surface area contributed by atoms with Crippen LogP contribution in [0.4, 0.5) is 17.6 Å². The third-order valence-electron chi connectivity index (χ3n) is 10.3. The summed E-state index contributed by atoms with van der Waals surface area (Å²) in [7, 11) is 0. The van der Waals surface area contributed by atoms with Crippen LogP contribution in [0.25, 0.3) is 0 Å². The molecule has 0 aromatic carbocycles. The smallest absolute Gasteiger partial charge is 0.404 e. The van der Waals surface area contributed by atoms with Crippen molar-refractivity contribution in [3.63, 3.8) is 0 Å². The number of nitrogens with one attached hydrogen (secondary N) is 3. The molecular formula is C29H46F4N4O2. The van der Waals surface area contributed by atoms with Gasteiger partial charge in [-0.05, 0) is 113 Å². The molecular weight excluding hydrogens is 512 g/mol. The van der Waals surface area contributed by atoms with Gasteiger partial charge in [0.15, 0.2) is 0 Å². The molecule has 0 spiro atoms. The van der Waals surface area contributed by atoms with Crippen molar-refractivity contribution in [1.82, 2.24) is 15.5 Å². The molecule has 5 rings (SSSR count). The number of ether oxygens (including phenoxy) is 1. The fraction of sp³-hybridized carbons (Fsp3) is 0.931. The number of nitrogens with zero attached hydrogens (tertiary/aromatic N) is 1. The number of rotatable bonds is 7. The van der Waals surface area contributed by atoms with Crippen LogP contribution < -0.4 is 10.6 Å². The Morgan fingerprint density at radius 3 is 2.56 bits per heavy atom. The van der Waals surface area contributed by atoms with Crippen LogP contribution >= 0.6 is 0 Å². The second-order valence-electron chi connectivity index (χ2n) is 13.2. The summed E-state index contributed by atoms with van der Waals surface area (Å²) < 4.78 is 61.7. The molecule has 0 aromatic rings. The van der Waals surface area contributed by atoms with E-state index < -0.39 is 24.3 Å². The fourth-order valence-corrected chi connectivity index (χ4v) is 8.17. The number of halogens is 4. The van der Waals surface area contributed by atoms with Crippen molar-refractivity contribution in [2.24, 2.45) is 41.4 Å². The molecule has 0 aromatic heterocycles. The topological polar surface area (TPSA) is 77.5 Å². The molecule has 2 heterocycles. The standard InChI is InChI=1S/C29H46F4N4O2/c1-17-12-20(7-8-24(17)30)25(19-5-6-19)36-27(38)22-14-18(16-37-10-3-11-39-28(37)34)13-21(15-22)23-4-2-9-35-26(23)29(31,32)33/h17-26,34-35H,2-16H2,1H3,(H,36,38)/t17?,18?,20?,21?,22?,23?,24?,25-,26?/m0/s1. The highest BCUT2D eigenvalue weighted by atomic mass is 19.4. The number of alkyl halides is 4. The molecule has 2 aliphatic heterocycles. The first-order valence-corrected chi connectivity index (χ1v) is 15.3. The average Bonchev–Trinajstić information content (AvgIpc) is 3.75. The maximum absolute atomic E-state index is 14.2. The number of carbonyl (C=O) groups is 1. The first-order valence-electron chi connectivity index (χ1n) is 15.3. The van der Waals surface area contributed by atoms with Gasteiger partial charge in [0.1, 0.15) is 12.2 Å². The summed E-state index contributed by atoms with van der Waals surface area (Å²) in [4.78, 5) is 15.7. The molecule has 39 heavy (non-hydrogen) atoms. The van der Waals surface area contributed by atoms with E-state index in [1.165, 1.54) is 0 Å². The maximum Gasteiger partial charge on any atom is 0.404 e. The van der Waals surface area contributed by atoms with Gasteiger partial charge >= 0.3 is 6.18 Å². The summed E-state index contributed by atoms with van der Waals surface area (Å²) in [5.74, 6) is -0.421. The molecule has 1 amide bonds. The second kappa shape index (κ2) is 12.1. The van der Waals surface area contributed by atoms with Crippen LogP contribution in [0.15, 0.2) is 0 Å². The van der Waals surface area contributed by atoms with Crippen molar-refractivity contribution in [2.45, 2.75) is 102 Å². The Kier molecular flexibility index (Phi) is 8.98. The number of carbonyl (C=O) groups excluding carboxylic acids is 1. The summed E-state index contributed by atoms with van der Waals surface area (Å²) >= 11 is 0. The Morgan fingerprint density at radius 1 is 1.10 bits per heavy atom. The molecule has 8 unspecified atom stereocenters. The molecule has 9 atom stereocenters. The van der Waals surface area contributed by atoms with Crippen molar-refractivity contribution < 1.29 is 27.1 Å². The van der Waals surface area contributed by atoms with E-state index in [1.807, 2.05) is 11.8 Å². The van der Waals surface area contributed by atoms with Gasteiger partial charge in [-0.15, -0.1) is 0 Å². The van der Waals surface area contributed by atoms with Crippen LogP contribution in [0.3, 0.4) is 0 Å².